The fraction of sp³-hybridized carbons (Fsp3) is 0.800. The summed E-state index contributed by atoms with van der Waals surface area (Å²) in [6, 6.07) is 0. The molecule has 0 aromatic rings. The van der Waals surface area contributed by atoms with Crippen LogP contribution in [0.3, 0.4) is 0 Å². The van der Waals surface area contributed by atoms with Gasteiger partial charge in [-0.3, -0.25) is 9.59 Å². The molecule has 0 saturated carbocycles. The Labute approximate surface area is 84.7 Å². The number of nitrogens with one attached hydrogen (secondary N) is 1. The largest absolute Gasteiger partial charge is 0.481 e. The summed E-state index contributed by atoms with van der Waals surface area (Å²) in [6.07, 6.45) is 2.73. The summed E-state index contributed by atoms with van der Waals surface area (Å²) in [5.41, 5.74) is 0. The van der Waals surface area contributed by atoms with E-state index in [1.54, 1.807) is 6.92 Å². The smallest absolute Gasteiger partial charge is 0.306 e. The Bertz CT molecular complexity index is 192. The van der Waals surface area contributed by atoms with Crippen LogP contribution in [0.25, 0.3) is 0 Å². The van der Waals surface area contributed by atoms with Gasteiger partial charge in [0.05, 0.1) is 5.92 Å². The van der Waals surface area contributed by atoms with Crippen molar-refractivity contribution in [3.8, 4) is 0 Å². The minimum atomic E-state index is -0.841. The van der Waals surface area contributed by atoms with E-state index >= 15 is 0 Å². The minimum absolute atomic E-state index is 0.0495. The second-order valence-electron chi connectivity index (χ2n) is 3.48. The Morgan fingerprint density at radius 3 is 2.57 bits per heavy atom. The Morgan fingerprint density at radius 1 is 1.43 bits per heavy atom. The van der Waals surface area contributed by atoms with E-state index < -0.39 is 11.9 Å². The first kappa shape index (κ1) is 12.9. The lowest BCUT2D eigenvalue weighted by Gasteiger charge is -2.06. The number of carboxylic acids is 1. The van der Waals surface area contributed by atoms with Crippen LogP contribution in [-0.2, 0) is 9.59 Å². The Kier molecular flexibility index (Phi) is 6.80. The van der Waals surface area contributed by atoms with Crippen molar-refractivity contribution in [3.05, 3.63) is 0 Å². The van der Waals surface area contributed by atoms with E-state index in [9.17, 15) is 9.59 Å². The van der Waals surface area contributed by atoms with Crippen LogP contribution >= 0.6 is 0 Å². The van der Waals surface area contributed by atoms with Crippen molar-refractivity contribution in [1.29, 1.82) is 0 Å². The third-order valence-corrected chi connectivity index (χ3v) is 2.08. The van der Waals surface area contributed by atoms with E-state index in [4.69, 9.17) is 5.11 Å². The van der Waals surface area contributed by atoms with Crippen molar-refractivity contribution in [1.82, 2.24) is 5.32 Å². The number of carbonyl (C=O) groups excluding carboxylic acids is 1. The van der Waals surface area contributed by atoms with Gasteiger partial charge >= 0.3 is 5.97 Å². The van der Waals surface area contributed by atoms with Gasteiger partial charge in [-0.25, -0.2) is 0 Å². The van der Waals surface area contributed by atoms with Crippen LogP contribution in [-0.4, -0.2) is 23.5 Å². The van der Waals surface area contributed by atoms with E-state index in [1.807, 2.05) is 0 Å². The first-order valence-corrected chi connectivity index (χ1v) is 5.07. The third-order valence-electron chi connectivity index (χ3n) is 2.08. The molecule has 0 aliphatic heterocycles. The van der Waals surface area contributed by atoms with Crippen LogP contribution in [0.1, 0.15) is 39.5 Å². The number of hydrogen-bond donors (Lipinski definition) is 2. The van der Waals surface area contributed by atoms with Crippen LogP contribution < -0.4 is 5.32 Å². The lowest BCUT2D eigenvalue weighted by molar-refractivity contribution is -0.141. The van der Waals surface area contributed by atoms with Crippen molar-refractivity contribution in [2.24, 2.45) is 5.92 Å². The monoisotopic (exact) mass is 201 g/mol. The molecule has 0 rings (SSSR count). The van der Waals surface area contributed by atoms with Crippen molar-refractivity contribution in [2.45, 2.75) is 39.5 Å². The molecule has 4 heteroatoms. The molecule has 0 saturated heterocycles. The summed E-state index contributed by atoms with van der Waals surface area (Å²) in [6.45, 7) is 4.36. The van der Waals surface area contributed by atoms with Gasteiger partial charge in [0.15, 0.2) is 0 Å². The van der Waals surface area contributed by atoms with Gasteiger partial charge in [0.2, 0.25) is 5.91 Å². The fourth-order valence-corrected chi connectivity index (χ4v) is 0.964. The molecule has 0 radical (unpaired) electrons. The van der Waals surface area contributed by atoms with Crippen LogP contribution in [0.4, 0.5) is 0 Å². The van der Waals surface area contributed by atoms with Gasteiger partial charge in [-0.1, -0.05) is 20.3 Å². The van der Waals surface area contributed by atoms with Gasteiger partial charge in [-0.05, 0) is 12.8 Å². The molecule has 1 atom stereocenters. The van der Waals surface area contributed by atoms with Gasteiger partial charge in [0, 0.05) is 13.0 Å². The van der Waals surface area contributed by atoms with Crippen LogP contribution in [0.5, 0.6) is 0 Å². The lowest BCUT2D eigenvalue weighted by Crippen LogP contribution is -2.25. The lowest BCUT2D eigenvalue weighted by atomic mass is 10.1. The number of aliphatic carboxylic acids is 1. The highest BCUT2D eigenvalue weighted by Gasteiger charge is 2.12. The zero-order chi connectivity index (χ0) is 11.0. The maximum Gasteiger partial charge on any atom is 0.306 e. The van der Waals surface area contributed by atoms with Gasteiger partial charge in [0.25, 0.3) is 0 Å². The Hall–Kier alpha value is -1.06. The predicted octanol–water partition coefficient (Wildman–Crippen LogP) is 1.40. The molecule has 0 aliphatic carbocycles. The molecular weight excluding hydrogens is 182 g/mol. The summed E-state index contributed by atoms with van der Waals surface area (Å²) in [4.78, 5) is 21.6. The van der Waals surface area contributed by atoms with Crippen LogP contribution in [0, 0.1) is 5.92 Å². The number of unbranched alkanes of at least 4 members (excludes halogenated alkanes) is 1. The molecule has 1 amide bonds. The van der Waals surface area contributed by atoms with Gasteiger partial charge < -0.3 is 10.4 Å². The standard InChI is InChI=1S/C10H19NO3/c1-3-4-7-11-9(12)6-5-8(2)10(13)14/h8H,3-7H2,1-2H3,(H,11,12)(H,13,14). The van der Waals surface area contributed by atoms with Crippen molar-refractivity contribution in [3.63, 3.8) is 0 Å². The molecule has 0 aromatic heterocycles. The summed E-state index contributed by atoms with van der Waals surface area (Å²) < 4.78 is 0. The van der Waals surface area contributed by atoms with E-state index in [1.165, 1.54) is 0 Å². The molecule has 0 spiro atoms. The predicted molar refractivity (Wildman–Crippen MR) is 54.0 cm³/mol. The quantitative estimate of drug-likeness (QED) is 0.612. The normalized spacial score (nSPS) is 12.1. The summed E-state index contributed by atoms with van der Waals surface area (Å²) >= 11 is 0. The molecule has 1 unspecified atom stereocenters. The second-order valence-corrected chi connectivity index (χ2v) is 3.48. The number of carboxylic acid groups (broad SMARTS) is 1. The first-order chi connectivity index (χ1) is 6.57. The average molecular weight is 201 g/mol. The first-order valence-electron chi connectivity index (χ1n) is 5.07. The van der Waals surface area contributed by atoms with Gasteiger partial charge in [0.1, 0.15) is 0 Å². The molecule has 2 N–H and O–H groups in total. The molecule has 0 bridgehead atoms. The molecule has 14 heavy (non-hydrogen) atoms. The number of carbonyl (C=O) groups is 2. The highest BCUT2D eigenvalue weighted by molar-refractivity contribution is 5.77. The van der Waals surface area contributed by atoms with Crippen molar-refractivity contribution >= 4 is 11.9 Å². The number of amides is 1. The van der Waals surface area contributed by atoms with E-state index in [-0.39, 0.29) is 5.91 Å². The minimum Gasteiger partial charge on any atom is -0.481 e. The fourth-order valence-electron chi connectivity index (χ4n) is 0.964. The molecule has 82 valence electrons. The highest BCUT2D eigenvalue weighted by atomic mass is 16.4. The van der Waals surface area contributed by atoms with E-state index in [0.29, 0.717) is 19.4 Å². The summed E-state index contributed by atoms with van der Waals surface area (Å²) in [7, 11) is 0. The molecular formula is C10H19NO3. The Balaban J connectivity index is 3.48. The second kappa shape index (κ2) is 7.35. The maximum atomic E-state index is 11.1. The summed E-state index contributed by atoms with van der Waals surface area (Å²) in [5, 5.41) is 11.3. The van der Waals surface area contributed by atoms with E-state index in [0.717, 1.165) is 12.8 Å². The SMILES string of the molecule is CCCCNC(=O)CCC(C)C(=O)O. The number of hydrogen-bond acceptors (Lipinski definition) is 2. The topological polar surface area (TPSA) is 66.4 Å². The Morgan fingerprint density at radius 2 is 2.07 bits per heavy atom. The molecule has 0 aliphatic rings. The van der Waals surface area contributed by atoms with Crippen molar-refractivity contribution in [2.75, 3.05) is 6.54 Å². The molecule has 0 aromatic carbocycles. The van der Waals surface area contributed by atoms with E-state index in [2.05, 4.69) is 12.2 Å². The van der Waals surface area contributed by atoms with Crippen molar-refractivity contribution < 1.29 is 14.7 Å². The van der Waals surface area contributed by atoms with Crippen LogP contribution in [0.2, 0.25) is 0 Å². The molecule has 4 nitrogen and oxygen atoms in total. The van der Waals surface area contributed by atoms with Gasteiger partial charge in [-0.15, -0.1) is 0 Å². The third kappa shape index (κ3) is 6.46. The highest BCUT2D eigenvalue weighted by Crippen LogP contribution is 2.04. The molecule has 0 heterocycles. The maximum absolute atomic E-state index is 11.1. The number of rotatable bonds is 7. The molecule has 0 fully saturated rings. The van der Waals surface area contributed by atoms with Crippen LogP contribution in [0.15, 0.2) is 0 Å². The van der Waals surface area contributed by atoms with Gasteiger partial charge in [-0.2, -0.15) is 0 Å². The summed E-state index contributed by atoms with van der Waals surface area (Å²) in [5.74, 6) is -1.33. The zero-order valence-corrected chi connectivity index (χ0v) is 8.88. The zero-order valence-electron chi connectivity index (χ0n) is 8.88. The average Bonchev–Trinajstić information content (AvgIpc) is 2.14.